The van der Waals surface area contributed by atoms with E-state index in [9.17, 15) is 5.21 Å². The summed E-state index contributed by atoms with van der Waals surface area (Å²) in [4.78, 5) is 4.93. The number of hydrogen-bond donors (Lipinski definition) is 3. The van der Waals surface area contributed by atoms with Crippen LogP contribution in [0.15, 0.2) is 54.7 Å². The molecule has 2 aromatic carbocycles. The average Bonchev–Trinajstić information content (AvgIpc) is 2.64. The molecule has 126 valence electrons. The Bertz CT molecular complexity index is 939. The fourth-order valence-corrected chi connectivity index (χ4v) is 2.53. The van der Waals surface area contributed by atoms with Crippen molar-refractivity contribution >= 4 is 28.8 Å². The van der Waals surface area contributed by atoms with Gasteiger partial charge in [0.05, 0.1) is 11.1 Å². The number of nitrogens with one attached hydrogen (secondary N) is 2. The molecule has 0 spiro atoms. The number of anilines is 1. The first-order valence-electron chi connectivity index (χ1n) is 7.78. The highest BCUT2D eigenvalue weighted by Gasteiger charge is 2.15. The summed E-state index contributed by atoms with van der Waals surface area (Å²) in [6.45, 7) is 1.98. The van der Waals surface area contributed by atoms with Gasteiger partial charge < -0.3 is 21.7 Å². The van der Waals surface area contributed by atoms with Crippen LogP contribution in [0.3, 0.4) is 0 Å². The standard InChI is InChI=1S/C18H18N6O/c1-12(13-5-3-2-4-6-13)21-18-22-16-8-7-14(15(10-19)11-20)9-17(16)24(25)23-18/h2-12,19H,20H2,1H3,(H,21,22,23)/b15-11+,19-10?/t12-/m1/s1. The van der Waals surface area contributed by atoms with Crippen LogP contribution < -0.4 is 15.9 Å². The number of nitrogens with two attached hydrogens (primary N) is 1. The fraction of sp³-hybridized carbons (Fsp3) is 0.111. The van der Waals surface area contributed by atoms with Crippen LogP contribution in [0.1, 0.15) is 24.1 Å². The lowest BCUT2D eigenvalue weighted by atomic mass is 10.1. The van der Waals surface area contributed by atoms with Gasteiger partial charge in [0, 0.05) is 24.1 Å². The molecule has 0 aliphatic rings. The zero-order chi connectivity index (χ0) is 17.8. The highest BCUT2D eigenvalue weighted by Crippen LogP contribution is 2.19. The number of nitrogens with zero attached hydrogens (tertiary/aromatic N) is 3. The van der Waals surface area contributed by atoms with Gasteiger partial charge >= 0.3 is 0 Å². The lowest BCUT2D eigenvalue weighted by molar-refractivity contribution is -0.641. The number of hydrogen-bond acceptors (Lipinski definition) is 6. The fourth-order valence-electron chi connectivity index (χ4n) is 2.53. The molecule has 25 heavy (non-hydrogen) atoms. The van der Waals surface area contributed by atoms with E-state index >= 15 is 0 Å². The topological polar surface area (TPSA) is 115 Å². The molecular weight excluding hydrogens is 316 g/mol. The molecule has 0 saturated heterocycles. The van der Waals surface area contributed by atoms with Crippen LogP contribution in [-0.4, -0.2) is 16.3 Å². The third kappa shape index (κ3) is 3.40. The molecule has 1 heterocycles. The van der Waals surface area contributed by atoms with E-state index in [1.807, 2.05) is 37.3 Å². The van der Waals surface area contributed by atoms with Crippen LogP contribution in [0, 0.1) is 10.6 Å². The van der Waals surface area contributed by atoms with E-state index in [1.54, 1.807) is 18.2 Å². The molecule has 3 rings (SSSR count). The summed E-state index contributed by atoms with van der Waals surface area (Å²) in [5, 5.41) is 26.7. The van der Waals surface area contributed by atoms with Gasteiger partial charge in [-0.3, -0.25) is 0 Å². The van der Waals surface area contributed by atoms with Gasteiger partial charge in [-0.2, -0.15) is 0 Å². The average molecular weight is 334 g/mol. The second kappa shape index (κ2) is 6.96. The van der Waals surface area contributed by atoms with Crippen molar-refractivity contribution in [3.63, 3.8) is 0 Å². The van der Waals surface area contributed by atoms with Gasteiger partial charge in [-0.15, -0.1) is 0 Å². The molecule has 1 aromatic heterocycles. The quantitative estimate of drug-likeness (QED) is 0.376. The van der Waals surface area contributed by atoms with Gasteiger partial charge in [0.1, 0.15) is 5.52 Å². The number of allylic oxidation sites excluding steroid dienone is 1. The molecule has 0 fully saturated rings. The van der Waals surface area contributed by atoms with Crippen LogP contribution >= 0.6 is 0 Å². The highest BCUT2D eigenvalue weighted by atomic mass is 16.5. The van der Waals surface area contributed by atoms with Crippen molar-refractivity contribution in [1.82, 2.24) is 10.1 Å². The van der Waals surface area contributed by atoms with Crippen molar-refractivity contribution in [2.24, 2.45) is 5.73 Å². The zero-order valence-corrected chi connectivity index (χ0v) is 13.7. The molecule has 0 amide bonds. The Kier molecular flexibility index (Phi) is 4.56. The van der Waals surface area contributed by atoms with E-state index in [4.69, 9.17) is 11.1 Å². The van der Waals surface area contributed by atoms with Crippen molar-refractivity contribution in [2.75, 3.05) is 5.32 Å². The summed E-state index contributed by atoms with van der Waals surface area (Å²) in [6.07, 6.45) is 2.45. The van der Waals surface area contributed by atoms with Crippen LogP contribution in [0.5, 0.6) is 0 Å². The normalized spacial score (nSPS) is 12.8. The minimum Gasteiger partial charge on any atom is -0.594 e. The van der Waals surface area contributed by atoms with Crippen molar-refractivity contribution in [2.45, 2.75) is 13.0 Å². The number of benzene rings is 2. The molecule has 7 heteroatoms. The van der Waals surface area contributed by atoms with Gasteiger partial charge in [0.15, 0.2) is 0 Å². The Balaban J connectivity index is 1.94. The van der Waals surface area contributed by atoms with Gasteiger partial charge in [-0.1, -0.05) is 36.4 Å². The first-order valence-corrected chi connectivity index (χ1v) is 7.78. The molecular formula is C18H18N6O. The zero-order valence-electron chi connectivity index (χ0n) is 13.7. The Morgan fingerprint density at radius 3 is 2.72 bits per heavy atom. The smallest absolute Gasteiger partial charge is 0.291 e. The monoisotopic (exact) mass is 334 g/mol. The van der Waals surface area contributed by atoms with Crippen molar-refractivity contribution < 1.29 is 4.85 Å². The van der Waals surface area contributed by atoms with Crippen LogP contribution in [0.4, 0.5) is 5.95 Å². The highest BCUT2D eigenvalue weighted by molar-refractivity contribution is 6.08. The predicted octanol–water partition coefficient (Wildman–Crippen LogP) is 2.39. The summed E-state index contributed by atoms with van der Waals surface area (Å²) in [5.41, 5.74) is 8.57. The van der Waals surface area contributed by atoms with Crippen LogP contribution in [0.25, 0.3) is 16.6 Å². The van der Waals surface area contributed by atoms with Gasteiger partial charge in [0.2, 0.25) is 0 Å². The van der Waals surface area contributed by atoms with Gasteiger partial charge in [0.25, 0.3) is 11.5 Å². The van der Waals surface area contributed by atoms with Crippen LogP contribution in [0.2, 0.25) is 0 Å². The summed E-state index contributed by atoms with van der Waals surface area (Å²) in [5.74, 6) is 0.258. The van der Waals surface area contributed by atoms with Crippen LogP contribution in [-0.2, 0) is 0 Å². The van der Waals surface area contributed by atoms with Crippen molar-refractivity contribution in [3.8, 4) is 0 Å². The minimum atomic E-state index is -0.0392. The van der Waals surface area contributed by atoms with E-state index in [0.717, 1.165) is 11.8 Å². The maximum absolute atomic E-state index is 12.3. The van der Waals surface area contributed by atoms with E-state index in [0.29, 0.717) is 27.0 Å². The Labute approximate surface area is 144 Å². The molecule has 0 aliphatic carbocycles. The molecule has 7 nitrogen and oxygen atoms in total. The second-order valence-electron chi connectivity index (χ2n) is 5.55. The predicted molar refractivity (Wildman–Crippen MR) is 97.9 cm³/mol. The molecule has 0 saturated carbocycles. The number of rotatable bonds is 5. The number of fused-ring (bicyclic) bond motifs is 1. The third-order valence-electron chi connectivity index (χ3n) is 3.91. The summed E-state index contributed by atoms with van der Waals surface area (Å²) in [6, 6.07) is 14.9. The minimum absolute atomic E-state index is 0.0392. The summed E-state index contributed by atoms with van der Waals surface area (Å²) >= 11 is 0. The molecule has 0 unspecified atom stereocenters. The lowest BCUT2D eigenvalue weighted by Crippen LogP contribution is -2.34. The molecule has 0 aliphatic heterocycles. The molecule has 3 aromatic rings. The SMILES string of the molecule is C[C@@H](Nc1nc2ccc(/C(C=N)=C/N)cc2[n+]([O-])n1)c1ccccc1. The van der Waals surface area contributed by atoms with E-state index in [2.05, 4.69) is 15.4 Å². The Hall–Kier alpha value is -3.48. The maximum Gasteiger partial charge on any atom is 0.291 e. The summed E-state index contributed by atoms with van der Waals surface area (Å²) in [7, 11) is 0. The lowest BCUT2D eigenvalue weighted by Gasteiger charge is -2.13. The molecule has 4 N–H and O–H groups in total. The second-order valence-corrected chi connectivity index (χ2v) is 5.55. The number of aromatic nitrogens is 3. The Morgan fingerprint density at radius 2 is 2.04 bits per heavy atom. The van der Waals surface area contributed by atoms with Crippen molar-refractivity contribution in [1.29, 1.82) is 5.41 Å². The van der Waals surface area contributed by atoms with Gasteiger partial charge in [-0.25, -0.2) is 4.98 Å². The first kappa shape index (κ1) is 16.4. The molecule has 0 bridgehead atoms. The molecule has 1 atom stereocenters. The van der Waals surface area contributed by atoms with E-state index in [-0.39, 0.29) is 12.0 Å². The Morgan fingerprint density at radius 1 is 1.28 bits per heavy atom. The van der Waals surface area contributed by atoms with E-state index < -0.39 is 0 Å². The third-order valence-corrected chi connectivity index (χ3v) is 3.91. The van der Waals surface area contributed by atoms with Crippen molar-refractivity contribution in [3.05, 3.63) is 71.1 Å². The summed E-state index contributed by atoms with van der Waals surface area (Å²) < 4.78 is 0. The first-order chi connectivity index (χ1) is 12.1. The van der Waals surface area contributed by atoms with Gasteiger partial charge in [-0.05, 0) is 29.0 Å². The maximum atomic E-state index is 12.3. The largest absolute Gasteiger partial charge is 0.594 e. The van der Waals surface area contributed by atoms with E-state index in [1.165, 1.54) is 6.20 Å². The molecule has 0 radical (unpaired) electrons.